The molecule has 2 unspecified atom stereocenters. The number of nitrogens with two attached hydrogens (primary N) is 1. The molecule has 3 amide bonds. The molecule has 1 aliphatic heterocycles. The van der Waals surface area contributed by atoms with E-state index in [-0.39, 0.29) is 24.5 Å². The second-order valence-corrected chi connectivity index (χ2v) is 6.50. The fourth-order valence-electron chi connectivity index (χ4n) is 3.34. The van der Waals surface area contributed by atoms with Crippen molar-refractivity contribution in [1.29, 1.82) is 0 Å². The molecule has 0 aromatic heterocycles. The van der Waals surface area contributed by atoms with Crippen molar-refractivity contribution < 1.29 is 9.59 Å². The molecule has 2 atom stereocenters. The molecule has 2 rings (SSSR count). The number of hydrogen-bond acceptors (Lipinski definition) is 4. The van der Waals surface area contributed by atoms with Crippen LogP contribution >= 0.6 is 0 Å². The normalized spacial score (nSPS) is 27.5. The highest BCUT2D eigenvalue weighted by Crippen LogP contribution is 2.21. The summed E-state index contributed by atoms with van der Waals surface area (Å²) in [6.45, 7) is 4.89. The maximum atomic E-state index is 11.9. The van der Waals surface area contributed by atoms with Gasteiger partial charge in [0.25, 0.3) is 0 Å². The van der Waals surface area contributed by atoms with E-state index in [1.807, 2.05) is 0 Å². The van der Waals surface area contributed by atoms with Gasteiger partial charge in [-0.1, -0.05) is 19.8 Å². The molecule has 2 aliphatic rings. The Hall–Kier alpha value is -1.14. The predicted molar refractivity (Wildman–Crippen MR) is 81.7 cm³/mol. The average Bonchev–Trinajstić information content (AvgIpc) is 2.93. The summed E-state index contributed by atoms with van der Waals surface area (Å²) in [7, 11) is 0. The van der Waals surface area contributed by atoms with Gasteiger partial charge in [-0.3, -0.25) is 15.0 Å². The van der Waals surface area contributed by atoms with E-state index in [2.05, 4.69) is 22.5 Å². The van der Waals surface area contributed by atoms with Crippen LogP contribution in [0.3, 0.4) is 0 Å². The molecule has 0 aromatic carbocycles. The number of amides is 3. The summed E-state index contributed by atoms with van der Waals surface area (Å²) in [6, 6.07) is -0.122. The lowest BCUT2D eigenvalue weighted by Crippen LogP contribution is -2.50. The number of likely N-dealkylation sites (tertiary alicyclic amines) is 1. The lowest BCUT2D eigenvalue weighted by atomic mass is 9.87. The molecule has 6 nitrogen and oxygen atoms in total. The van der Waals surface area contributed by atoms with Crippen LogP contribution in [-0.4, -0.2) is 49.1 Å². The average molecular weight is 296 g/mol. The Labute approximate surface area is 126 Å². The molecule has 0 spiro atoms. The van der Waals surface area contributed by atoms with E-state index in [9.17, 15) is 9.59 Å². The molecule has 1 saturated carbocycles. The van der Waals surface area contributed by atoms with Crippen molar-refractivity contribution in [2.75, 3.05) is 26.2 Å². The molecular weight excluding hydrogens is 268 g/mol. The van der Waals surface area contributed by atoms with Crippen molar-refractivity contribution >= 4 is 11.9 Å². The first-order chi connectivity index (χ1) is 10.1. The molecule has 4 N–H and O–H groups in total. The lowest BCUT2D eigenvalue weighted by Gasteiger charge is -2.36. The topological polar surface area (TPSA) is 87.5 Å². The fraction of sp³-hybridized carbons (Fsp3) is 0.867. The van der Waals surface area contributed by atoms with Gasteiger partial charge in [0.15, 0.2) is 0 Å². The summed E-state index contributed by atoms with van der Waals surface area (Å²) >= 11 is 0. The first-order valence-corrected chi connectivity index (χ1v) is 8.11. The van der Waals surface area contributed by atoms with E-state index >= 15 is 0 Å². The Morgan fingerprint density at radius 1 is 1.24 bits per heavy atom. The molecule has 6 heteroatoms. The number of imide groups is 1. The molecule has 0 aromatic rings. The number of urea groups is 1. The number of rotatable bonds is 4. The van der Waals surface area contributed by atoms with Crippen molar-refractivity contribution in [3.63, 3.8) is 0 Å². The van der Waals surface area contributed by atoms with Crippen LogP contribution in [0.2, 0.25) is 0 Å². The maximum Gasteiger partial charge on any atom is 0.321 e. The van der Waals surface area contributed by atoms with Crippen molar-refractivity contribution in [3.8, 4) is 0 Å². The number of hydrogen-bond donors (Lipinski definition) is 3. The van der Waals surface area contributed by atoms with Crippen LogP contribution < -0.4 is 16.4 Å². The van der Waals surface area contributed by atoms with E-state index in [0.29, 0.717) is 18.4 Å². The Morgan fingerprint density at radius 2 is 1.95 bits per heavy atom. The SMILES string of the molecule is CC1CCN(CC(=O)NC(=O)NC2CCCC2)CC1CN. The highest BCUT2D eigenvalue weighted by Gasteiger charge is 2.26. The highest BCUT2D eigenvalue weighted by molar-refractivity contribution is 5.95. The quantitative estimate of drug-likeness (QED) is 0.711. The summed E-state index contributed by atoms with van der Waals surface area (Å²) in [5, 5.41) is 5.30. The Kier molecular flexibility index (Phi) is 5.99. The molecule has 0 radical (unpaired) electrons. The van der Waals surface area contributed by atoms with E-state index in [1.54, 1.807) is 0 Å². The van der Waals surface area contributed by atoms with Crippen molar-refractivity contribution in [3.05, 3.63) is 0 Å². The minimum atomic E-state index is -0.354. The van der Waals surface area contributed by atoms with Gasteiger partial charge in [-0.2, -0.15) is 0 Å². The summed E-state index contributed by atoms with van der Waals surface area (Å²) < 4.78 is 0. The third kappa shape index (κ3) is 4.97. The van der Waals surface area contributed by atoms with Gasteiger partial charge in [0.05, 0.1) is 6.54 Å². The fourth-order valence-corrected chi connectivity index (χ4v) is 3.34. The molecule has 1 saturated heterocycles. The van der Waals surface area contributed by atoms with Gasteiger partial charge in [-0.05, 0) is 44.2 Å². The van der Waals surface area contributed by atoms with Crippen molar-refractivity contribution in [2.24, 2.45) is 17.6 Å². The number of piperidine rings is 1. The first-order valence-electron chi connectivity index (χ1n) is 8.11. The van der Waals surface area contributed by atoms with Gasteiger partial charge >= 0.3 is 6.03 Å². The zero-order chi connectivity index (χ0) is 15.2. The van der Waals surface area contributed by atoms with E-state index < -0.39 is 0 Å². The van der Waals surface area contributed by atoms with Crippen molar-refractivity contribution in [2.45, 2.75) is 45.1 Å². The zero-order valence-corrected chi connectivity index (χ0v) is 12.9. The highest BCUT2D eigenvalue weighted by atomic mass is 16.2. The lowest BCUT2D eigenvalue weighted by molar-refractivity contribution is -0.121. The zero-order valence-electron chi connectivity index (χ0n) is 12.9. The summed E-state index contributed by atoms with van der Waals surface area (Å²) in [4.78, 5) is 25.8. The molecule has 1 heterocycles. The van der Waals surface area contributed by atoms with Gasteiger partial charge in [-0.25, -0.2) is 4.79 Å². The summed E-state index contributed by atoms with van der Waals surface area (Å²) in [5.74, 6) is 0.828. The largest absolute Gasteiger partial charge is 0.335 e. The second-order valence-electron chi connectivity index (χ2n) is 6.50. The van der Waals surface area contributed by atoms with Crippen LogP contribution in [0.25, 0.3) is 0 Å². The van der Waals surface area contributed by atoms with Gasteiger partial charge in [0.2, 0.25) is 5.91 Å². The summed E-state index contributed by atoms with van der Waals surface area (Å²) in [5.41, 5.74) is 5.77. The minimum absolute atomic E-state index is 0.226. The smallest absolute Gasteiger partial charge is 0.321 e. The van der Waals surface area contributed by atoms with Crippen LogP contribution in [-0.2, 0) is 4.79 Å². The number of carbonyl (C=O) groups excluding carboxylic acids is 2. The van der Waals surface area contributed by atoms with Crippen LogP contribution in [0.5, 0.6) is 0 Å². The predicted octanol–water partition coefficient (Wildman–Crippen LogP) is 0.672. The maximum absolute atomic E-state index is 11.9. The Morgan fingerprint density at radius 3 is 2.62 bits per heavy atom. The third-order valence-corrected chi connectivity index (χ3v) is 4.81. The van der Waals surface area contributed by atoms with Gasteiger partial charge in [0, 0.05) is 12.6 Å². The number of nitrogens with one attached hydrogen (secondary N) is 2. The van der Waals surface area contributed by atoms with Crippen LogP contribution in [0.4, 0.5) is 4.79 Å². The minimum Gasteiger partial charge on any atom is -0.335 e. The Bertz CT molecular complexity index is 369. The Balaban J connectivity index is 1.70. The molecule has 21 heavy (non-hydrogen) atoms. The molecule has 120 valence electrons. The third-order valence-electron chi connectivity index (χ3n) is 4.81. The second kappa shape index (κ2) is 7.75. The van der Waals surface area contributed by atoms with Crippen LogP contribution in [0.1, 0.15) is 39.0 Å². The van der Waals surface area contributed by atoms with E-state index in [1.165, 1.54) is 0 Å². The molecule has 0 bridgehead atoms. The van der Waals surface area contributed by atoms with Crippen LogP contribution in [0.15, 0.2) is 0 Å². The first kappa shape index (κ1) is 16.2. The number of nitrogens with zero attached hydrogens (tertiary/aromatic N) is 1. The molecule has 2 fully saturated rings. The molecule has 1 aliphatic carbocycles. The van der Waals surface area contributed by atoms with E-state index in [4.69, 9.17) is 5.73 Å². The number of carbonyl (C=O) groups is 2. The van der Waals surface area contributed by atoms with Gasteiger partial charge in [0.1, 0.15) is 0 Å². The van der Waals surface area contributed by atoms with Crippen LogP contribution in [0, 0.1) is 11.8 Å². The van der Waals surface area contributed by atoms with Crippen molar-refractivity contribution in [1.82, 2.24) is 15.5 Å². The van der Waals surface area contributed by atoms with Gasteiger partial charge < -0.3 is 11.1 Å². The standard InChI is InChI=1S/C15H28N4O2/c1-11-6-7-19(9-12(11)8-16)10-14(20)18-15(21)17-13-4-2-3-5-13/h11-13H,2-10,16H2,1H3,(H2,17,18,20,21). The van der Waals surface area contributed by atoms with E-state index in [0.717, 1.165) is 45.2 Å². The monoisotopic (exact) mass is 296 g/mol. The molecular formula is C15H28N4O2. The van der Waals surface area contributed by atoms with Gasteiger partial charge in [-0.15, -0.1) is 0 Å². The summed E-state index contributed by atoms with van der Waals surface area (Å²) in [6.07, 6.45) is 5.41.